The number of hydrogen-bond acceptors (Lipinski definition) is 3. The van der Waals surface area contributed by atoms with E-state index in [9.17, 15) is 9.65 Å². The first-order valence-corrected chi connectivity index (χ1v) is 7.34. The molecule has 0 aromatic heterocycles. The monoisotopic (exact) mass is 316 g/mol. The lowest BCUT2D eigenvalue weighted by Gasteiger charge is -2.32. The average Bonchev–Trinajstić information content (AvgIpc) is 2.51. The van der Waals surface area contributed by atoms with Crippen molar-refractivity contribution in [2.24, 2.45) is 0 Å². The number of benzene rings is 2. The van der Waals surface area contributed by atoms with Gasteiger partial charge < -0.3 is 9.64 Å². The van der Waals surface area contributed by atoms with Crippen molar-refractivity contribution in [3.63, 3.8) is 0 Å². The molecule has 1 heterocycles. The topological polar surface area (TPSA) is 36.3 Å². The standard InChI is InChI=1S/C17H14ClFN2O/c1-11-4-2-3-5-12(11)10-21-6-7-22-15-8-14(18)16(19)13(9-20)17(15)21/h2-5,8H,6-7,10H2,1H3. The van der Waals surface area contributed by atoms with E-state index in [-0.39, 0.29) is 10.6 Å². The van der Waals surface area contributed by atoms with E-state index in [0.717, 1.165) is 11.1 Å². The number of halogens is 2. The maximum Gasteiger partial charge on any atom is 0.161 e. The molecule has 112 valence electrons. The van der Waals surface area contributed by atoms with Crippen LogP contribution in [0.2, 0.25) is 5.02 Å². The third-order valence-corrected chi connectivity index (χ3v) is 4.10. The van der Waals surface area contributed by atoms with E-state index < -0.39 is 5.82 Å². The summed E-state index contributed by atoms with van der Waals surface area (Å²) in [6, 6.07) is 11.4. The van der Waals surface area contributed by atoms with Crippen molar-refractivity contribution in [3.05, 3.63) is 57.9 Å². The fourth-order valence-electron chi connectivity index (χ4n) is 2.65. The number of nitriles is 1. The second-order valence-electron chi connectivity index (χ2n) is 5.20. The Morgan fingerprint density at radius 3 is 2.91 bits per heavy atom. The summed E-state index contributed by atoms with van der Waals surface area (Å²) < 4.78 is 19.7. The fraction of sp³-hybridized carbons (Fsp3) is 0.235. The van der Waals surface area contributed by atoms with Gasteiger partial charge in [0.25, 0.3) is 0 Å². The molecule has 0 atom stereocenters. The van der Waals surface area contributed by atoms with E-state index in [2.05, 4.69) is 0 Å². The van der Waals surface area contributed by atoms with Crippen molar-refractivity contribution >= 4 is 17.3 Å². The van der Waals surface area contributed by atoms with Gasteiger partial charge in [-0.25, -0.2) is 4.39 Å². The summed E-state index contributed by atoms with van der Waals surface area (Å²) in [6.07, 6.45) is 0. The van der Waals surface area contributed by atoms with Crippen LogP contribution in [0.3, 0.4) is 0 Å². The zero-order valence-corrected chi connectivity index (χ0v) is 12.8. The lowest BCUT2D eigenvalue weighted by molar-refractivity contribution is 0.306. The Morgan fingerprint density at radius 1 is 1.41 bits per heavy atom. The Kier molecular flexibility index (Phi) is 3.91. The van der Waals surface area contributed by atoms with Gasteiger partial charge in [-0.05, 0) is 18.1 Å². The second-order valence-corrected chi connectivity index (χ2v) is 5.61. The molecule has 2 aromatic rings. The number of hydrogen-bond donors (Lipinski definition) is 0. The quantitative estimate of drug-likeness (QED) is 0.838. The second kappa shape index (κ2) is 5.86. The third kappa shape index (κ3) is 2.49. The zero-order valence-electron chi connectivity index (χ0n) is 12.1. The van der Waals surface area contributed by atoms with Crippen LogP contribution in [-0.2, 0) is 6.54 Å². The highest BCUT2D eigenvalue weighted by Gasteiger charge is 2.26. The van der Waals surface area contributed by atoms with Crippen molar-refractivity contribution in [3.8, 4) is 11.8 Å². The molecule has 0 spiro atoms. The predicted molar refractivity (Wildman–Crippen MR) is 83.8 cm³/mol. The normalized spacial score (nSPS) is 13.3. The van der Waals surface area contributed by atoms with Gasteiger partial charge in [0.1, 0.15) is 29.7 Å². The van der Waals surface area contributed by atoms with E-state index >= 15 is 0 Å². The van der Waals surface area contributed by atoms with E-state index in [0.29, 0.717) is 31.1 Å². The van der Waals surface area contributed by atoms with Crippen LogP contribution in [0, 0.1) is 24.1 Å². The van der Waals surface area contributed by atoms with Crippen molar-refractivity contribution in [2.75, 3.05) is 18.1 Å². The highest BCUT2D eigenvalue weighted by Crippen LogP contribution is 2.40. The molecule has 1 aliphatic heterocycles. The first-order valence-electron chi connectivity index (χ1n) is 6.96. The van der Waals surface area contributed by atoms with Gasteiger partial charge in [-0.3, -0.25) is 0 Å². The maximum absolute atomic E-state index is 14.1. The lowest BCUT2D eigenvalue weighted by atomic mass is 10.1. The molecule has 5 heteroatoms. The Hall–Kier alpha value is -2.25. The molecule has 0 saturated carbocycles. The largest absolute Gasteiger partial charge is 0.489 e. The molecule has 0 fully saturated rings. The Bertz CT molecular complexity index is 770. The summed E-state index contributed by atoms with van der Waals surface area (Å²) in [5.74, 6) is -0.231. The minimum atomic E-state index is -0.691. The number of rotatable bonds is 2. The SMILES string of the molecule is Cc1ccccc1CN1CCOc2cc(Cl)c(F)c(C#N)c21. The highest BCUT2D eigenvalue weighted by molar-refractivity contribution is 6.31. The number of aryl methyl sites for hydroxylation is 1. The summed E-state index contributed by atoms with van der Waals surface area (Å²) in [4.78, 5) is 1.97. The minimum absolute atomic E-state index is 0.0595. The molecule has 3 rings (SSSR count). The van der Waals surface area contributed by atoms with Gasteiger partial charge >= 0.3 is 0 Å². The van der Waals surface area contributed by atoms with Crippen LogP contribution in [0.5, 0.6) is 5.75 Å². The molecule has 0 amide bonds. The Balaban J connectivity index is 2.07. The lowest BCUT2D eigenvalue weighted by Crippen LogP contribution is -2.33. The van der Waals surface area contributed by atoms with E-state index in [4.69, 9.17) is 16.3 Å². The molecule has 0 aliphatic carbocycles. The fourth-order valence-corrected chi connectivity index (χ4v) is 2.84. The van der Waals surface area contributed by atoms with Crippen LogP contribution >= 0.6 is 11.6 Å². The van der Waals surface area contributed by atoms with Crippen LogP contribution in [0.15, 0.2) is 30.3 Å². The molecular formula is C17H14ClFN2O. The summed E-state index contributed by atoms with van der Waals surface area (Å²) in [5, 5.41) is 9.22. The molecule has 1 aliphatic rings. The molecule has 0 N–H and O–H groups in total. The Labute approximate surface area is 133 Å². The molecule has 0 saturated heterocycles. The number of nitrogens with zero attached hydrogens (tertiary/aromatic N) is 2. The first kappa shape index (κ1) is 14.7. The van der Waals surface area contributed by atoms with Crippen LogP contribution in [0.1, 0.15) is 16.7 Å². The minimum Gasteiger partial charge on any atom is -0.489 e. The molecular weight excluding hydrogens is 303 g/mol. The molecule has 0 radical (unpaired) electrons. The summed E-state index contributed by atoms with van der Waals surface area (Å²) in [6.45, 7) is 3.70. The van der Waals surface area contributed by atoms with E-state index in [1.165, 1.54) is 6.07 Å². The Morgan fingerprint density at radius 2 is 2.18 bits per heavy atom. The van der Waals surface area contributed by atoms with Crippen LogP contribution in [-0.4, -0.2) is 13.2 Å². The molecule has 0 bridgehead atoms. The zero-order chi connectivity index (χ0) is 15.7. The predicted octanol–water partition coefficient (Wildman–Crippen LogP) is 4.06. The van der Waals surface area contributed by atoms with Gasteiger partial charge in [0.2, 0.25) is 0 Å². The molecule has 2 aromatic carbocycles. The van der Waals surface area contributed by atoms with Gasteiger partial charge in [0.05, 0.1) is 11.6 Å². The highest BCUT2D eigenvalue weighted by atomic mass is 35.5. The van der Waals surface area contributed by atoms with E-state index in [1.54, 1.807) is 0 Å². The van der Waals surface area contributed by atoms with Gasteiger partial charge in [-0.1, -0.05) is 35.9 Å². The molecule has 22 heavy (non-hydrogen) atoms. The first-order chi connectivity index (χ1) is 10.6. The summed E-state index contributed by atoms with van der Waals surface area (Å²) >= 11 is 5.84. The van der Waals surface area contributed by atoms with Crippen molar-refractivity contribution in [2.45, 2.75) is 13.5 Å². The smallest absolute Gasteiger partial charge is 0.161 e. The van der Waals surface area contributed by atoms with Crippen molar-refractivity contribution in [1.29, 1.82) is 5.26 Å². The molecule has 3 nitrogen and oxygen atoms in total. The van der Waals surface area contributed by atoms with E-state index in [1.807, 2.05) is 42.2 Å². The number of anilines is 1. The van der Waals surface area contributed by atoms with Gasteiger partial charge in [0.15, 0.2) is 5.82 Å². The van der Waals surface area contributed by atoms with Crippen LogP contribution in [0.4, 0.5) is 10.1 Å². The van der Waals surface area contributed by atoms with Crippen LogP contribution in [0.25, 0.3) is 0 Å². The summed E-state index contributed by atoms with van der Waals surface area (Å²) in [7, 11) is 0. The maximum atomic E-state index is 14.1. The van der Waals surface area contributed by atoms with Gasteiger partial charge in [0, 0.05) is 12.6 Å². The average molecular weight is 317 g/mol. The van der Waals surface area contributed by atoms with Crippen LogP contribution < -0.4 is 9.64 Å². The third-order valence-electron chi connectivity index (χ3n) is 3.83. The summed E-state index contributed by atoms with van der Waals surface area (Å²) in [5.41, 5.74) is 2.72. The van der Waals surface area contributed by atoms with Crippen molar-refractivity contribution in [1.82, 2.24) is 0 Å². The molecule has 0 unspecified atom stereocenters. The number of fused-ring (bicyclic) bond motifs is 1. The van der Waals surface area contributed by atoms with Gasteiger partial charge in [-0.15, -0.1) is 0 Å². The van der Waals surface area contributed by atoms with Gasteiger partial charge in [-0.2, -0.15) is 5.26 Å². The van der Waals surface area contributed by atoms with Crippen molar-refractivity contribution < 1.29 is 9.13 Å². The number of ether oxygens (including phenoxy) is 1.